The lowest BCUT2D eigenvalue weighted by atomic mass is 10.1. The Hall–Kier alpha value is -0.328. The third-order valence-electron chi connectivity index (χ3n) is 3.00. The highest BCUT2D eigenvalue weighted by Gasteiger charge is 2.24. The first kappa shape index (κ1) is 14.7. The number of benzene rings is 1. The van der Waals surface area contributed by atoms with Crippen LogP contribution in [0, 0.1) is 0 Å². The van der Waals surface area contributed by atoms with Gasteiger partial charge in [-0.25, -0.2) is 0 Å². The predicted octanol–water partition coefficient (Wildman–Crippen LogP) is 2.80. The molecule has 94 valence electrons. The van der Waals surface area contributed by atoms with Gasteiger partial charge in [-0.3, -0.25) is 0 Å². The fourth-order valence-electron chi connectivity index (χ4n) is 1.97. The van der Waals surface area contributed by atoms with Gasteiger partial charge in [-0.15, -0.1) is 0 Å². The molecular formula is C14H23AlO2. The van der Waals surface area contributed by atoms with E-state index < -0.39 is 14.8 Å². The monoisotopic (exact) mass is 250 g/mol. The van der Waals surface area contributed by atoms with E-state index in [1.807, 2.05) is 0 Å². The van der Waals surface area contributed by atoms with Crippen molar-refractivity contribution in [2.75, 3.05) is 14.2 Å². The summed E-state index contributed by atoms with van der Waals surface area (Å²) in [6.07, 6.45) is 6.47. The Labute approximate surface area is 110 Å². The van der Waals surface area contributed by atoms with Crippen molar-refractivity contribution >= 4 is 19.2 Å². The molecule has 0 aliphatic heterocycles. The Kier molecular flexibility index (Phi) is 7.56. The zero-order valence-corrected chi connectivity index (χ0v) is 12.4. The molecule has 0 unspecified atom stereocenters. The van der Waals surface area contributed by atoms with Crippen LogP contribution in [0.1, 0.15) is 38.2 Å². The van der Waals surface area contributed by atoms with Crippen LogP contribution in [0.3, 0.4) is 0 Å². The van der Waals surface area contributed by atoms with Crippen LogP contribution in [0.2, 0.25) is 0 Å². The summed E-state index contributed by atoms with van der Waals surface area (Å²) in [6.45, 7) is 2.25. The molecule has 0 N–H and O–H groups in total. The number of aryl methyl sites for hydroxylation is 1. The maximum absolute atomic E-state index is 5.36. The van der Waals surface area contributed by atoms with Gasteiger partial charge in [0.1, 0.15) is 0 Å². The van der Waals surface area contributed by atoms with Gasteiger partial charge in [0.2, 0.25) is 0 Å². The number of rotatable bonds is 8. The minimum Gasteiger partial charge on any atom is -0.477 e. The molecule has 0 heterocycles. The van der Waals surface area contributed by atoms with E-state index in [0.717, 1.165) is 0 Å². The van der Waals surface area contributed by atoms with Crippen LogP contribution in [-0.4, -0.2) is 29.0 Å². The summed E-state index contributed by atoms with van der Waals surface area (Å²) in [6, 6.07) is 8.72. The van der Waals surface area contributed by atoms with Crippen molar-refractivity contribution in [2.24, 2.45) is 0 Å². The largest absolute Gasteiger partial charge is 0.717 e. The molecule has 0 aliphatic rings. The summed E-state index contributed by atoms with van der Waals surface area (Å²) in [4.78, 5) is 0. The van der Waals surface area contributed by atoms with Crippen LogP contribution in [0.15, 0.2) is 24.3 Å². The molecule has 0 fully saturated rings. The van der Waals surface area contributed by atoms with Gasteiger partial charge in [0, 0.05) is 14.2 Å². The molecular weight excluding hydrogens is 227 g/mol. The van der Waals surface area contributed by atoms with Crippen LogP contribution in [0.25, 0.3) is 0 Å². The first-order valence-electron chi connectivity index (χ1n) is 6.46. The Morgan fingerprint density at radius 2 is 1.59 bits per heavy atom. The van der Waals surface area contributed by atoms with Crippen molar-refractivity contribution in [3.05, 3.63) is 29.8 Å². The van der Waals surface area contributed by atoms with E-state index in [2.05, 4.69) is 31.2 Å². The van der Waals surface area contributed by atoms with E-state index in [-0.39, 0.29) is 0 Å². The maximum atomic E-state index is 5.36. The number of hydrogen-bond acceptors (Lipinski definition) is 2. The molecule has 0 saturated carbocycles. The third kappa shape index (κ3) is 5.23. The van der Waals surface area contributed by atoms with E-state index in [4.69, 9.17) is 7.58 Å². The molecule has 1 aromatic rings. The average molecular weight is 250 g/mol. The van der Waals surface area contributed by atoms with Crippen LogP contribution >= 0.6 is 0 Å². The van der Waals surface area contributed by atoms with Crippen molar-refractivity contribution in [2.45, 2.75) is 39.0 Å². The zero-order valence-electron chi connectivity index (χ0n) is 11.2. The van der Waals surface area contributed by atoms with Crippen molar-refractivity contribution in [1.82, 2.24) is 0 Å². The van der Waals surface area contributed by atoms with Gasteiger partial charge >= 0.3 is 14.8 Å². The Balaban J connectivity index is 2.44. The standard InChI is InChI=1S/C12H17.2CH3O.Al/c1-2-3-4-6-9-12-10-7-5-8-11-12;2*1-2;/h7-8,10-11H,2-4,6,9H2,1H3;2*1H3;/q;2*-1;+2. The summed E-state index contributed by atoms with van der Waals surface area (Å²) in [5.41, 5.74) is 1.42. The highest BCUT2D eigenvalue weighted by molar-refractivity contribution is 6.61. The van der Waals surface area contributed by atoms with Crippen LogP contribution in [-0.2, 0) is 14.0 Å². The average Bonchev–Trinajstić information content (AvgIpc) is 2.38. The van der Waals surface area contributed by atoms with Crippen molar-refractivity contribution < 1.29 is 7.58 Å². The van der Waals surface area contributed by atoms with Gasteiger partial charge in [0.25, 0.3) is 0 Å². The van der Waals surface area contributed by atoms with Crippen molar-refractivity contribution in [3.8, 4) is 0 Å². The predicted molar refractivity (Wildman–Crippen MR) is 73.7 cm³/mol. The SMILES string of the molecule is CCCCCCc1cc[c]([Al]([O]C)[O]C)cc1. The van der Waals surface area contributed by atoms with Gasteiger partial charge in [0.05, 0.1) is 0 Å². The highest BCUT2D eigenvalue weighted by atomic mass is 27.2. The first-order chi connectivity index (χ1) is 8.31. The Bertz CT molecular complexity index is 294. The highest BCUT2D eigenvalue weighted by Crippen LogP contribution is 2.07. The van der Waals surface area contributed by atoms with Crippen LogP contribution < -0.4 is 4.43 Å². The first-order valence-corrected chi connectivity index (χ1v) is 7.98. The second-order valence-electron chi connectivity index (χ2n) is 4.36. The molecule has 1 rings (SSSR count). The maximum Gasteiger partial charge on any atom is 0.717 e. The molecule has 0 radical (unpaired) electrons. The quantitative estimate of drug-likeness (QED) is 0.522. The van der Waals surface area contributed by atoms with Gasteiger partial charge in [-0.2, -0.15) is 0 Å². The van der Waals surface area contributed by atoms with Gasteiger partial charge in [-0.1, -0.05) is 50.5 Å². The molecule has 17 heavy (non-hydrogen) atoms. The van der Waals surface area contributed by atoms with Gasteiger partial charge in [0.15, 0.2) is 0 Å². The van der Waals surface area contributed by atoms with E-state index in [9.17, 15) is 0 Å². The summed E-state index contributed by atoms with van der Waals surface area (Å²) in [7, 11) is 3.44. The minimum atomic E-state index is -1.61. The fraction of sp³-hybridized carbons (Fsp3) is 0.571. The molecule has 2 nitrogen and oxygen atoms in total. The molecule has 3 heteroatoms. The van der Waals surface area contributed by atoms with E-state index in [0.29, 0.717) is 0 Å². The van der Waals surface area contributed by atoms with Crippen LogP contribution in [0.4, 0.5) is 0 Å². The van der Waals surface area contributed by atoms with E-state index in [1.165, 1.54) is 42.1 Å². The second-order valence-corrected chi connectivity index (χ2v) is 6.63. The lowest BCUT2D eigenvalue weighted by molar-refractivity contribution is 0.292. The van der Waals surface area contributed by atoms with Crippen LogP contribution in [0.5, 0.6) is 0 Å². The van der Waals surface area contributed by atoms with Crippen molar-refractivity contribution in [1.29, 1.82) is 0 Å². The fourth-order valence-corrected chi connectivity index (χ4v) is 3.21. The molecule has 0 saturated heterocycles. The third-order valence-corrected chi connectivity index (χ3v) is 4.78. The lowest BCUT2D eigenvalue weighted by Gasteiger charge is -2.08. The lowest BCUT2D eigenvalue weighted by Crippen LogP contribution is -2.34. The molecule has 0 bridgehead atoms. The summed E-state index contributed by atoms with van der Waals surface area (Å²) >= 11 is -1.61. The second kappa shape index (κ2) is 8.72. The molecule has 0 spiro atoms. The molecule has 0 aliphatic carbocycles. The molecule has 0 amide bonds. The summed E-state index contributed by atoms with van der Waals surface area (Å²) in [5.74, 6) is 0. The zero-order chi connectivity index (χ0) is 12.5. The normalized spacial score (nSPS) is 10.5. The molecule has 0 atom stereocenters. The van der Waals surface area contributed by atoms with E-state index in [1.54, 1.807) is 14.2 Å². The Morgan fingerprint density at radius 1 is 0.941 bits per heavy atom. The summed E-state index contributed by atoms with van der Waals surface area (Å²) in [5, 5.41) is 0. The Morgan fingerprint density at radius 3 is 2.12 bits per heavy atom. The van der Waals surface area contributed by atoms with E-state index >= 15 is 0 Å². The number of hydrogen-bond donors (Lipinski definition) is 0. The smallest absolute Gasteiger partial charge is 0.477 e. The molecule has 0 aromatic heterocycles. The minimum absolute atomic E-state index is 1.19. The van der Waals surface area contributed by atoms with Gasteiger partial charge < -0.3 is 7.58 Å². The summed E-state index contributed by atoms with van der Waals surface area (Å²) < 4.78 is 11.9. The van der Waals surface area contributed by atoms with Crippen molar-refractivity contribution in [3.63, 3.8) is 0 Å². The topological polar surface area (TPSA) is 18.5 Å². The molecule has 1 aromatic carbocycles. The van der Waals surface area contributed by atoms with Gasteiger partial charge in [-0.05, 0) is 22.8 Å². The number of unbranched alkanes of at least 4 members (excludes halogenated alkanes) is 3.